The predicted octanol–water partition coefficient (Wildman–Crippen LogP) is 4.38. The maximum absolute atomic E-state index is 8.98. The van der Waals surface area contributed by atoms with Gasteiger partial charge in [-0.05, 0) is 12.5 Å². The summed E-state index contributed by atoms with van der Waals surface area (Å²) in [5.74, 6) is 0. The highest BCUT2D eigenvalue weighted by molar-refractivity contribution is 6.30. The summed E-state index contributed by atoms with van der Waals surface area (Å²) in [5, 5.41) is 12.5. The molecule has 0 bridgehead atoms. The van der Waals surface area contributed by atoms with Crippen molar-refractivity contribution in [1.82, 2.24) is 4.98 Å². The zero-order valence-corrected chi connectivity index (χ0v) is 11.6. The second-order valence-corrected chi connectivity index (χ2v) is 4.69. The molecule has 0 fully saturated rings. The molecule has 0 saturated carbocycles. The summed E-state index contributed by atoms with van der Waals surface area (Å²) in [6.07, 6.45) is 9.18. The number of nitriles is 1. The highest BCUT2D eigenvalue weighted by Gasteiger charge is 2.06. The minimum Gasteiger partial charge on any atom is -0.384 e. The fourth-order valence-electron chi connectivity index (χ4n) is 1.82. The molecule has 0 atom stereocenters. The molecule has 0 aliphatic heterocycles. The summed E-state index contributed by atoms with van der Waals surface area (Å²) < 4.78 is 0. The van der Waals surface area contributed by atoms with E-state index in [-0.39, 0.29) is 5.15 Å². The quantitative estimate of drug-likeness (QED) is 0.561. The number of aromatic nitrogens is 1. The van der Waals surface area contributed by atoms with E-state index < -0.39 is 0 Å². The number of hydrogen-bond donors (Lipinski definition) is 1. The Balaban J connectivity index is 2.28. The van der Waals surface area contributed by atoms with Crippen molar-refractivity contribution in [2.45, 2.75) is 45.4 Å². The predicted molar refractivity (Wildman–Crippen MR) is 75.8 cm³/mol. The number of hydrogen-bond acceptors (Lipinski definition) is 3. The molecule has 3 nitrogen and oxygen atoms in total. The molecular formula is C14H20ClN3. The standard InChI is InChI=1S/C14H20ClN3/c1-2-3-4-5-6-7-9-17-13-8-10-18-14(15)12(13)11-16/h8,10H,2-7,9H2,1H3,(H,17,18). The molecule has 1 aromatic rings. The van der Waals surface area contributed by atoms with E-state index in [1.54, 1.807) is 12.3 Å². The number of nitrogens with one attached hydrogen (secondary N) is 1. The third-order valence-electron chi connectivity index (χ3n) is 2.86. The highest BCUT2D eigenvalue weighted by atomic mass is 35.5. The summed E-state index contributed by atoms with van der Waals surface area (Å²) in [7, 11) is 0. The molecule has 0 radical (unpaired) electrons. The summed E-state index contributed by atoms with van der Waals surface area (Å²) in [6.45, 7) is 3.10. The summed E-state index contributed by atoms with van der Waals surface area (Å²) in [6, 6.07) is 3.87. The molecule has 1 heterocycles. The first-order chi connectivity index (χ1) is 8.79. The van der Waals surface area contributed by atoms with Crippen molar-refractivity contribution >= 4 is 17.3 Å². The van der Waals surface area contributed by atoms with E-state index in [9.17, 15) is 0 Å². The summed E-state index contributed by atoms with van der Waals surface area (Å²) >= 11 is 5.85. The van der Waals surface area contributed by atoms with E-state index in [0.717, 1.165) is 18.7 Å². The molecule has 98 valence electrons. The SMILES string of the molecule is CCCCCCCCNc1ccnc(Cl)c1C#N. The second-order valence-electron chi connectivity index (χ2n) is 4.33. The third kappa shape index (κ3) is 4.93. The van der Waals surface area contributed by atoms with Crippen LogP contribution in [0.25, 0.3) is 0 Å². The Kier molecular flexibility index (Phi) is 7.20. The van der Waals surface area contributed by atoms with Crippen LogP contribution >= 0.6 is 11.6 Å². The summed E-state index contributed by atoms with van der Waals surface area (Å²) in [4.78, 5) is 3.89. The van der Waals surface area contributed by atoms with E-state index in [1.165, 1.54) is 32.1 Å². The lowest BCUT2D eigenvalue weighted by Crippen LogP contribution is -2.04. The lowest BCUT2D eigenvalue weighted by molar-refractivity contribution is 0.617. The highest BCUT2D eigenvalue weighted by Crippen LogP contribution is 2.20. The van der Waals surface area contributed by atoms with Crippen LogP contribution in [0.2, 0.25) is 5.15 Å². The van der Waals surface area contributed by atoms with Crippen molar-refractivity contribution in [2.24, 2.45) is 0 Å². The Morgan fingerprint density at radius 2 is 2.00 bits per heavy atom. The number of rotatable bonds is 8. The third-order valence-corrected chi connectivity index (χ3v) is 3.15. The van der Waals surface area contributed by atoms with Gasteiger partial charge in [0.05, 0.1) is 5.69 Å². The van der Waals surface area contributed by atoms with Gasteiger partial charge in [-0.2, -0.15) is 5.26 Å². The zero-order chi connectivity index (χ0) is 13.2. The van der Waals surface area contributed by atoms with Crippen molar-refractivity contribution in [1.29, 1.82) is 5.26 Å². The van der Waals surface area contributed by atoms with Crippen molar-refractivity contribution in [3.8, 4) is 6.07 Å². The van der Waals surface area contributed by atoms with Gasteiger partial charge >= 0.3 is 0 Å². The van der Waals surface area contributed by atoms with Crippen molar-refractivity contribution < 1.29 is 0 Å². The maximum Gasteiger partial charge on any atom is 0.148 e. The molecular weight excluding hydrogens is 246 g/mol. The summed E-state index contributed by atoms with van der Waals surface area (Å²) in [5.41, 5.74) is 1.22. The van der Waals surface area contributed by atoms with Gasteiger partial charge in [0.15, 0.2) is 0 Å². The first kappa shape index (κ1) is 14.8. The molecule has 1 rings (SSSR count). The first-order valence-electron chi connectivity index (χ1n) is 6.58. The Morgan fingerprint density at radius 1 is 1.28 bits per heavy atom. The Hall–Kier alpha value is -1.27. The van der Waals surface area contributed by atoms with Gasteiger partial charge in [0.2, 0.25) is 0 Å². The molecule has 1 N–H and O–H groups in total. The Bertz CT molecular complexity index is 399. The van der Waals surface area contributed by atoms with E-state index in [1.807, 2.05) is 0 Å². The normalized spacial score (nSPS) is 10.1. The van der Waals surface area contributed by atoms with Crippen LogP contribution in [0.5, 0.6) is 0 Å². The van der Waals surface area contributed by atoms with E-state index in [2.05, 4.69) is 23.3 Å². The second kappa shape index (κ2) is 8.77. The molecule has 0 aliphatic carbocycles. The van der Waals surface area contributed by atoms with Gasteiger partial charge in [0, 0.05) is 12.7 Å². The topological polar surface area (TPSA) is 48.7 Å². The van der Waals surface area contributed by atoms with E-state index >= 15 is 0 Å². The molecule has 0 spiro atoms. The number of nitrogens with zero attached hydrogens (tertiary/aromatic N) is 2. The fraction of sp³-hybridized carbons (Fsp3) is 0.571. The molecule has 4 heteroatoms. The zero-order valence-electron chi connectivity index (χ0n) is 10.9. The number of halogens is 1. The number of pyridine rings is 1. The van der Waals surface area contributed by atoms with Gasteiger partial charge in [-0.1, -0.05) is 50.6 Å². The van der Waals surface area contributed by atoms with Gasteiger partial charge in [0.25, 0.3) is 0 Å². The van der Waals surface area contributed by atoms with Crippen LogP contribution in [0.3, 0.4) is 0 Å². The van der Waals surface area contributed by atoms with Gasteiger partial charge in [-0.25, -0.2) is 4.98 Å². The first-order valence-corrected chi connectivity index (χ1v) is 6.96. The average molecular weight is 266 g/mol. The molecule has 0 saturated heterocycles. The molecule has 0 amide bonds. The molecule has 0 unspecified atom stereocenters. The molecule has 1 aromatic heterocycles. The smallest absolute Gasteiger partial charge is 0.148 e. The average Bonchev–Trinajstić information content (AvgIpc) is 2.38. The van der Waals surface area contributed by atoms with Crippen LogP contribution in [-0.2, 0) is 0 Å². The fourth-order valence-corrected chi connectivity index (χ4v) is 2.02. The van der Waals surface area contributed by atoms with Crippen LogP contribution in [-0.4, -0.2) is 11.5 Å². The minimum atomic E-state index is 0.269. The van der Waals surface area contributed by atoms with Crippen LogP contribution in [0.15, 0.2) is 12.3 Å². The lowest BCUT2D eigenvalue weighted by Gasteiger charge is -2.08. The number of unbranched alkanes of at least 4 members (excludes halogenated alkanes) is 5. The minimum absolute atomic E-state index is 0.269. The number of anilines is 1. The van der Waals surface area contributed by atoms with Crippen LogP contribution in [0, 0.1) is 11.3 Å². The van der Waals surface area contributed by atoms with E-state index in [0.29, 0.717) is 5.56 Å². The van der Waals surface area contributed by atoms with E-state index in [4.69, 9.17) is 16.9 Å². The largest absolute Gasteiger partial charge is 0.384 e. The van der Waals surface area contributed by atoms with Crippen LogP contribution in [0.4, 0.5) is 5.69 Å². The maximum atomic E-state index is 8.98. The Morgan fingerprint density at radius 3 is 2.72 bits per heavy atom. The van der Waals surface area contributed by atoms with Crippen LogP contribution in [0.1, 0.15) is 51.0 Å². The Labute approximate surface area is 114 Å². The molecule has 0 aliphatic rings. The van der Waals surface area contributed by atoms with Crippen molar-refractivity contribution in [3.63, 3.8) is 0 Å². The van der Waals surface area contributed by atoms with Crippen molar-refractivity contribution in [3.05, 3.63) is 23.0 Å². The lowest BCUT2D eigenvalue weighted by atomic mass is 10.1. The van der Waals surface area contributed by atoms with Crippen LogP contribution < -0.4 is 5.32 Å². The van der Waals surface area contributed by atoms with Gasteiger partial charge < -0.3 is 5.32 Å². The van der Waals surface area contributed by atoms with Gasteiger partial charge in [-0.15, -0.1) is 0 Å². The monoisotopic (exact) mass is 265 g/mol. The van der Waals surface area contributed by atoms with Gasteiger partial charge in [-0.3, -0.25) is 0 Å². The molecule has 0 aromatic carbocycles. The van der Waals surface area contributed by atoms with Crippen molar-refractivity contribution in [2.75, 3.05) is 11.9 Å². The van der Waals surface area contributed by atoms with Gasteiger partial charge in [0.1, 0.15) is 16.8 Å². The molecule has 18 heavy (non-hydrogen) atoms.